The molecule has 0 saturated carbocycles. The van der Waals surface area contributed by atoms with Crippen LogP contribution >= 0.6 is 0 Å². The van der Waals surface area contributed by atoms with Crippen LogP contribution in [0.4, 0.5) is 15.8 Å². The number of benzene rings is 3. The zero-order valence-electron chi connectivity index (χ0n) is 13.9. The first-order chi connectivity index (χ1) is 12.1. The number of aryl methyl sites for hydroxylation is 1. The van der Waals surface area contributed by atoms with Crippen molar-refractivity contribution in [1.82, 2.24) is 0 Å². The van der Waals surface area contributed by atoms with E-state index in [1.165, 1.54) is 12.1 Å². The Morgan fingerprint density at radius 3 is 2.08 bits per heavy atom. The molecule has 3 aromatic carbocycles. The Morgan fingerprint density at radius 1 is 0.840 bits per heavy atom. The van der Waals surface area contributed by atoms with Gasteiger partial charge in [0.25, 0.3) is 5.91 Å². The van der Waals surface area contributed by atoms with E-state index in [1.807, 2.05) is 61.5 Å². The third-order valence-corrected chi connectivity index (χ3v) is 3.87. The van der Waals surface area contributed by atoms with Gasteiger partial charge in [-0.15, -0.1) is 0 Å². The summed E-state index contributed by atoms with van der Waals surface area (Å²) in [7, 11) is 0. The summed E-state index contributed by atoms with van der Waals surface area (Å²) in [4.78, 5) is 12.8. The lowest BCUT2D eigenvalue weighted by Gasteiger charge is -2.20. The zero-order chi connectivity index (χ0) is 17.6. The molecule has 0 aromatic heterocycles. The van der Waals surface area contributed by atoms with Crippen molar-refractivity contribution in [2.45, 2.75) is 13.0 Å². The molecule has 0 aliphatic rings. The number of amides is 1. The Morgan fingerprint density at radius 2 is 1.44 bits per heavy atom. The van der Waals surface area contributed by atoms with Gasteiger partial charge < -0.3 is 10.6 Å². The first-order valence-electron chi connectivity index (χ1n) is 8.06. The SMILES string of the molecule is Cc1ccc(N[C@@H](C(=O)Nc2ccc(F)cc2)c2ccccc2)cc1. The third kappa shape index (κ3) is 4.44. The highest BCUT2D eigenvalue weighted by Gasteiger charge is 2.20. The number of carbonyl (C=O) groups excluding carboxylic acids is 1. The fourth-order valence-corrected chi connectivity index (χ4v) is 2.51. The molecule has 0 aliphatic carbocycles. The van der Waals surface area contributed by atoms with E-state index in [0.717, 1.165) is 16.8 Å². The Kier molecular flexibility index (Phi) is 5.09. The van der Waals surface area contributed by atoms with Crippen LogP contribution in [0.15, 0.2) is 78.9 Å². The monoisotopic (exact) mass is 334 g/mol. The fourth-order valence-electron chi connectivity index (χ4n) is 2.51. The van der Waals surface area contributed by atoms with Gasteiger partial charge in [-0.3, -0.25) is 4.79 Å². The maximum Gasteiger partial charge on any atom is 0.251 e. The summed E-state index contributed by atoms with van der Waals surface area (Å²) in [5.74, 6) is -0.547. The summed E-state index contributed by atoms with van der Waals surface area (Å²) in [6, 6.07) is 22.5. The molecule has 0 aliphatic heterocycles. The molecule has 126 valence electrons. The van der Waals surface area contributed by atoms with Gasteiger partial charge in [-0.2, -0.15) is 0 Å². The molecule has 1 amide bonds. The van der Waals surface area contributed by atoms with Crippen LogP contribution < -0.4 is 10.6 Å². The van der Waals surface area contributed by atoms with Crippen molar-refractivity contribution < 1.29 is 9.18 Å². The summed E-state index contributed by atoms with van der Waals surface area (Å²) in [6.07, 6.45) is 0. The summed E-state index contributed by atoms with van der Waals surface area (Å²) in [6.45, 7) is 2.01. The summed E-state index contributed by atoms with van der Waals surface area (Å²) in [5.41, 5.74) is 3.41. The average Bonchev–Trinajstić information content (AvgIpc) is 2.64. The highest BCUT2D eigenvalue weighted by atomic mass is 19.1. The minimum Gasteiger partial charge on any atom is -0.370 e. The third-order valence-electron chi connectivity index (χ3n) is 3.87. The van der Waals surface area contributed by atoms with E-state index in [1.54, 1.807) is 12.1 Å². The number of halogens is 1. The second-order valence-corrected chi connectivity index (χ2v) is 5.85. The van der Waals surface area contributed by atoms with Gasteiger partial charge in [-0.1, -0.05) is 48.0 Å². The van der Waals surface area contributed by atoms with Crippen LogP contribution in [0.2, 0.25) is 0 Å². The molecule has 0 fully saturated rings. The predicted molar refractivity (Wildman–Crippen MR) is 99.0 cm³/mol. The standard InChI is InChI=1S/C21H19FN2O/c1-15-7-11-18(12-8-15)23-20(16-5-3-2-4-6-16)21(25)24-19-13-9-17(22)10-14-19/h2-14,20,23H,1H3,(H,24,25)/t20-/m1/s1. The van der Waals surface area contributed by atoms with E-state index in [0.29, 0.717) is 5.69 Å². The molecule has 4 heteroatoms. The number of rotatable bonds is 5. The second kappa shape index (κ2) is 7.62. The largest absolute Gasteiger partial charge is 0.370 e. The molecule has 3 rings (SSSR count). The quantitative estimate of drug-likeness (QED) is 0.695. The summed E-state index contributed by atoms with van der Waals surface area (Å²) in [5, 5.41) is 6.10. The van der Waals surface area contributed by atoms with E-state index in [2.05, 4.69) is 10.6 Å². The van der Waals surface area contributed by atoms with Crippen LogP contribution in [0.1, 0.15) is 17.2 Å². The van der Waals surface area contributed by atoms with Crippen molar-refractivity contribution in [2.75, 3.05) is 10.6 Å². The first kappa shape index (κ1) is 16.7. The van der Waals surface area contributed by atoms with E-state index < -0.39 is 6.04 Å². The van der Waals surface area contributed by atoms with Crippen LogP contribution in [-0.4, -0.2) is 5.91 Å². The highest BCUT2D eigenvalue weighted by Crippen LogP contribution is 2.22. The highest BCUT2D eigenvalue weighted by molar-refractivity contribution is 5.97. The Hall–Kier alpha value is -3.14. The maximum absolute atomic E-state index is 13.0. The van der Waals surface area contributed by atoms with Crippen LogP contribution in [0.5, 0.6) is 0 Å². The molecule has 0 bridgehead atoms. The topological polar surface area (TPSA) is 41.1 Å². The fraction of sp³-hybridized carbons (Fsp3) is 0.0952. The number of nitrogens with one attached hydrogen (secondary N) is 2. The van der Waals surface area contributed by atoms with Gasteiger partial charge in [-0.25, -0.2) is 4.39 Å². The van der Waals surface area contributed by atoms with Crippen molar-refractivity contribution in [2.24, 2.45) is 0 Å². The molecule has 0 spiro atoms. The molecule has 0 saturated heterocycles. The Balaban J connectivity index is 1.83. The van der Waals surface area contributed by atoms with Gasteiger partial charge in [0, 0.05) is 11.4 Å². The lowest BCUT2D eigenvalue weighted by atomic mass is 10.1. The normalized spacial score (nSPS) is 11.6. The maximum atomic E-state index is 13.0. The number of carbonyl (C=O) groups is 1. The van der Waals surface area contributed by atoms with Crippen LogP contribution in [0, 0.1) is 12.7 Å². The Labute approximate surface area is 146 Å². The van der Waals surface area contributed by atoms with Gasteiger partial charge in [0.15, 0.2) is 0 Å². The number of anilines is 2. The summed E-state index contributed by atoms with van der Waals surface area (Å²) < 4.78 is 13.0. The predicted octanol–water partition coefficient (Wildman–Crippen LogP) is 4.93. The van der Waals surface area contributed by atoms with Crippen molar-refractivity contribution in [3.8, 4) is 0 Å². The molecule has 25 heavy (non-hydrogen) atoms. The van der Waals surface area contributed by atoms with Crippen LogP contribution in [0.3, 0.4) is 0 Å². The van der Waals surface area contributed by atoms with Gasteiger partial charge in [-0.05, 0) is 48.9 Å². The molecular weight excluding hydrogens is 315 g/mol. The van der Waals surface area contributed by atoms with Crippen molar-refractivity contribution in [3.05, 3.63) is 95.8 Å². The van der Waals surface area contributed by atoms with Crippen LogP contribution in [-0.2, 0) is 4.79 Å². The molecule has 1 atom stereocenters. The smallest absolute Gasteiger partial charge is 0.251 e. The van der Waals surface area contributed by atoms with E-state index in [4.69, 9.17) is 0 Å². The molecule has 0 heterocycles. The molecular formula is C21H19FN2O. The number of hydrogen-bond donors (Lipinski definition) is 2. The molecule has 0 radical (unpaired) electrons. The average molecular weight is 334 g/mol. The van der Waals surface area contributed by atoms with E-state index in [-0.39, 0.29) is 11.7 Å². The minimum absolute atomic E-state index is 0.210. The van der Waals surface area contributed by atoms with E-state index in [9.17, 15) is 9.18 Å². The lowest BCUT2D eigenvalue weighted by molar-refractivity contribution is -0.117. The van der Waals surface area contributed by atoms with Gasteiger partial charge in [0.05, 0.1) is 0 Å². The van der Waals surface area contributed by atoms with Crippen LogP contribution in [0.25, 0.3) is 0 Å². The first-order valence-corrected chi connectivity index (χ1v) is 8.06. The molecule has 0 unspecified atom stereocenters. The van der Waals surface area contributed by atoms with Crippen molar-refractivity contribution in [3.63, 3.8) is 0 Å². The minimum atomic E-state index is -0.561. The molecule has 3 nitrogen and oxygen atoms in total. The summed E-state index contributed by atoms with van der Waals surface area (Å²) >= 11 is 0. The van der Waals surface area contributed by atoms with E-state index >= 15 is 0 Å². The molecule has 2 N–H and O–H groups in total. The van der Waals surface area contributed by atoms with Crippen molar-refractivity contribution >= 4 is 17.3 Å². The number of hydrogen-bond acceptors (Lipinski definition) is 2. The second-order valence-electron chi connectivity index (χ2n) is 5.85. The van der Waals surface area contributed by atoms with Gasteiger partial charge in [0.2, 0.25) is 0 Å². The van der Waals surface area contributed by atoms with Crippen molar-refractivity contribution in [1.29, 1.82) is 0 Å². The molecule has 3 aromatic rings. The van der Waals surface area contributed by atoms with Gasteiger partial charge >= 0.3 is 0 Å². The zero-order valence-corrected chi connectivity index (χ0v) is 13.9. The Bertz CT molecular complexity index is 830. The van der Waals surface area contributed by atoms with Gasteiger partial charge in [0.1, 0.15) is 11.9 Å². The lowest BCUT2D eigenvalue weighted by Crippen LogP contribution is -2.27.